The minimum atomic E-state index is 0.844. The van der Waals surface area contributed by atoms with Gasteiger partial charge < -0.3 is 0 Å². The Balaban J connectivity index is 2.13. The normalized spacial score (nSPS) is 19.7. The molecule has 66 valence electrons. The second-order valence-corrected chi connectivity index (χ2v) is 6.31. The standard InChI is InChI=1S/C9H12S3/c10-9-6-8(11-12-9)7-4-2-1-3-5-7/h6-7H,1-5H2. The third kappa shape index (κ3) is 1.95. The van der Waals surface area contributed by atoms with Crippen LogP contribution in [0.5, 0.6) is 0 Å². The first-order valence-electron chi connectivity index (χ1n) is 4.46. The Morgan fingerprint density at radius 1 is 1.17 bits per heavy atom. The van der Waals surface area contributed by atoms with Crippen molar-refractivity contribution in [3.63, 3.8) is 0 Å². The van der Waals surface area contributed by atoms with Gasteiger partial charge in [0.15, 0.2) is 0 Å². The molecule has 1 aromatic rings. The van der Waals surface area contributed by atoms with Gasteiger partial charge in [-0.05, 0) is 24.8 Å². The largest absolute Gasteiger partial charge is 0.102 e. The van der Waals surface area contributed by atoms with Crippen LogP contribution in [-0.4, -0.2) is 0 Å². The van der Waals surface area contributed by atoms with Gasteiger partial charge >= 0.3 is 0 Å². The molecule has 1 heterocycles. The molecule has 1 aliphatic carbocycles. The molecule has 0 bridgehead atoms. The highest BCUT2D eigenvalue weighted by molar-refractivity contribution is 7.79. The fourth-order valence-electron chi connectivity index (χ4n) is 1.83. The van der Waals surface area contributed by atoms with Crippen molar-refractivity contribution in [3.8, 4) is 0 Å². The summed E-state index contributed by atoms with van der Waals surface area (Å²) in [6, 6.07) is 2.21. The fraction of sp³-hybridized carbons (Fsp3) is 0.667. The summed E-state index contributed by atoms with van der Waals surface area (Å²) < 4.78 is 1.07. The van der Waals surface area contributed by atoms with Crippen LogP contribution < -0.4 is 0 Å². The van der Waals surface area contributed by atoms with Gasteiger partial charge in [-0.1, -0.05) is 52.2 Å². The Kier molecular flexibility index (Phi) is 2.94. The summed E-state index contributed by atoms with van der Waals surface area (Å²) >= 11 is 5.13. The van der Waals surface area contributed by atoms with E-state index in [0.717, 1.165) is 9.74 Å². The molecule has 2 rings (SSSR count). The Morgan fingerprint density at radius 3 is 2.50 bits per heavy atom. The molecule has 1 aliphatic rings. The van der Waals surface area contributed by atoms with Crippen LogP contribution in [0.4, 0.5) is 0 Å². The van der Waals surface area contributed by atoms with Crippen LogP contribution >= 0.6 is 32.9 Å². The molecule has 1 fully saturated rings. The Hall–Kier alpha value is 0.270. The summed E-state index contributed by atoms with van der Waals surface area (Å²) in [6.45, 7) is 0. The van der Waals surface area contributed by atoms with Crippen LogP contribution in [0.15, 0.2) is 6.07 Å². The summed E-state index contributed by atoms with van der Waals surface area (Å²) in [5.74, 6) is 0.844. The van der Waals surface area contributed by atoms with Crippen molar-refractivity contribution >= 4 is 32.9 Å². The molecule has 0 atom stereocenters. The van der Waals surface area contributed by atoms with Crippen molar-refractivity contribution in [2.45, 2.75) is 38.0 Å². The van der Waals surface area contributed by atoms with E-state index in [0.29, 0.717) is 0 Å². The first kappa shape index (κ1) is 8.85. The van der Waals surface area contributed by atoms with Crippen LogP contribution in [-0.2, 0) is 0 Å². The Bertz CT molecular complexity index is 291. The van der Waals surface area contributed by atoms with E-state index in [4.69, 9.17) is 12.2 Å². The van der Waals surface area contributed by atoms with Gasteiger partial charge in [-0.2, -0.15) is 0 Å². The minimum absolute atomic E-state index is 0.844. The van der Waals surface area contributed by atoms with Crippen LogP contribution in [0.25, 0.3) is 0 Å². The Morgan fingerprint density at radius 2 is 1.92 bits per heavy atom. The second kappa shape index (κ2) is 3.99. The maximum Gasteiger partial charge on any atom is 0.102 e. The Labute approximate surface area is 85.6 Å². The van der Waals surface area contributed by atoms with Crippen molar-refractivity contribution in [3.05, 3.63) is 14.8 Å². The SMILES string of the molecule is S=c1cc(C2CCCCC2)ss1. The smallest absolute Gasteiger partial charge is 0.0834 e. The summed E-state index contributed by atoms with van der Waals surface area (Å²) in [5.41, 5.74) is 0. The molecule has 0 spiro atoms. The third-order valence-corrected chi connectivity index (χ3v) is 5.55. The van der Waals surface area contributed by atoms with E-state index >= 15 is 0 Å². The molecule has 0 unspecified atom stereocenters. The summed E-state index contributed by atoms with van der Waals surface area (Å²) in [4.78, 5) is 1.55. The van der Waals surface area contributed by atoms with E-state index in [1.807, 2.05) is 10.3 Å². The molecule has 0 radical (unpaired) electrons. The minimum Gasteiger partial charge on any atom is -0.0834 e. The summed E-state index contributed by atoms with van der Waals surface area (Å²) in [7, 11) is 3.65. The van der Waals surface area contributed by atoms with Crippen LogP contribution in [0.1, 0.15) is 42.9 Å². The average molecular weight is 216 g/mol. The van der Waals surface area contributed by atoms with E-state index in [9.17, 15) is 0 Å². The quantitative estimate of drug-likeness (QED) is 0.489. The molecule has 0 N–H and O–H groups in total. The number of hydrogen-bond donors (Lipinski definition) is 0. The zero-order valence-corrected chi connectivity index (χ0v) is 9.36. The van der Waals surface area contributed by atoms with Crippen LogP contribution in [0, 0.1) is 3.82 Å². The molecular weight excluding hydrogens is 204 g/mol. The van der Waals surface area contributed by atoms with Crippen molar-refractivity contribution in [2.75, 3.05) is 0 Å². The predicted molar refractivity (Wildman–Crippen MR) is 58.9 cm³/mol. The lowest BCUT2D eigenvalue weighted by atomic mass is 9.88. The zero-order valence-electron chi connectivity index (χ0n) is 6.91. The van der Waals surface area contributed by atoms with Gasteiger partial charge in [0.1, 0.15) is 3.82 Å². The van der Waals surface area contributed by atoms with Crippen LogP contribution in [0.3, 0.4) is 0 Å². The fourth-order valence-corrected chi connectivity index (χ4v) is 4.53. The molecule has 1 saturated carbocycles. The van der Waals surface area contributed by atoms with Gasteiger partial charge in [0.25, 0.3) is 0 Å². The highest BCUT2D eigenvalue weighted by Crippen LogP contribution is 2.36. The van der Waals surface area contributed by atoms with E-state index in [1.54, 1.807) is 15.2 Å². The molecule has 0 amide bonds. The lowest BCUT2D eigenvalue weighted by molar-refractivity contribution is 0.448. The van der Waals surface area contributed by atoms with Crippen molar-refractivity contribution < 1.29 is 0 Å². The monoisotopic (exact) mass is 216 g/mol. The summed E-state index contributed by atoms with van der Waals surface area (Å²) in [6.07, 6.45) is 7.05. The molecule has 1 aromatic heterocycles. The predicted octanol–water partition coefficient (Wildman–Crippen LogP) is 4.59. The van der Waals surface area contributed by atoms with Gasteiger partial charge in [0.05, 0.1) is 0 Å². The maximum absolute atomic E-state index is 5.13. The molecule has 12 heavy (non-hydrogen) atoms. The lowest BCUT2D eigenvalue weighted by Gasteiger charge is -2.19. The van der Waals surface area contributed by atoms with Gasteiger partial charge in [-0.3, -0.25) is 0 Å². The van der Waals surface area contributed by atoms with Gasteiger partial charge in [-0.15, -0.1) is 0 Å². The number of hydrogen-bond acceptors (Lipinski definition) is 3. The van der Waals surface area contributed by atoms with Gasteiger partial charge in [-0.25, -0.2) is 0 Å². The second-order valence-electron chi connectivity index (χ2n) is 3.37. The average Bonchev–Trinajstić information content (AvgIpc) is 2.54. The van der Waals surface area contributed by atoms with Crippen molar-refractivity contribution in [1.82, 2.24) is 0 Å². The zero-order chi connectivity index (χ0) is 8.39. The van der Waals surface area contributed by atoms with E-state index in [-0.39, 0.29) is 0 Å². The maximum atomic E-state index is 5.13. The molecule has 0 nitrogen and oxygen atoms in total. The lowest BCUT2D eigenvalue weighted by Crippen LogP contribution is -2.01. The van der Waals surface area contributed by atoms with Crippen molar-refractivity contribution in [2.24, 2.45) is 0 Å². The molecule has 0 aliphatic heterocycles. The highest BCUT2D eigenvalue weighted by Gasteiger charge is 2.16. The van der Waals surface area contributed by atoms with Gasteiger partial charge in [0.2, 0.25) is 0 Å². The summed E-state index contributed by atoms with van der Waals surface area (Å²) in [5, 5.41) is 0. The van der Waals surface area contributed by atoms with E-state index in [1.165, 1.54) is 32.1 Å². The van der Waals surface area contributed by atoms with Gasteiger partial charge in [0, 0.05) is 4.88 Å². The first-order chi connectivity index (χ1) is 5.86. The molecule has 0 aromatic carbocycles. The third-order valence-electron chi connectivity index (χ3n) is 2.49. The molecule has 0 saturated heterocycles. The van der Waals surface area contributed by atoms with E-state index < -0.39 is 0 Å². The topological polar surface area (TPSA) is 0 Å². The van der Waals surface area contributed by atoms with Crippen LogP contribution in [0.2, 0.25) is 0 Å². The van der Waals surface area contributed by atoms with E-state index in [2.05, 4.69) is 6.07 Å². The first-order valence-corrected chi connectivity index (χ1v) is 7.02. The number of rotatable bonds is 1. The molecule has 3 heteroatoms. The van der Waals surface area contributed by atoms with Crippen molar-refractivity contribution in [1.29, 1.82) is 0 Å². The molecular formula is C9H12S3. The highest BCUT2D eigenvalue weighted by atomic mass is 32.9.